The molecule has 0 saturated carbocycles. The standard InChI is InChI=1S/C23H31N3O/c1-5-14-25(6-2)17-22-24-20-12-7-8-13-21(20)26(22)15-16-27-23-18(3)10-9-11-19(23)4/h7-13H,5-6,14-17H2,1-4H3. The first-order valence-corrected chi connectivity index (χ1v) is 9.99. The third kappa shape index (κ3) is 4.51. The van der Waals surface area contributed by atoms with Crippen molar-refractivity contribution in [2.45, 2.75) is 47.2 Å². The largest absolute Gasteiger partial charge is 0.491 e. The summed E-state index contributed by atoms with van der Waals surface area (Å²) in [5, 5.41) is 0. The smallest absolute Gasteiger partial charge is 0.125 e. The van der Waals surface area contributed by atoms with E-state index in [-0.39, 0.29) is 0 Å². The number of aryl methyl sites for hydroxylation is 2. The van der Waals surface area contributed by atoms with Gasteiger partial charge >= 0.3 is 0 Å². The average molecular weight is 366 g/mol. The van der Waals surface area contributed by atoms with Gasteiger partial charge in [0.1, 0.15) is 18.2 Å². The van der Waals surface area contributed by atoms with Gasteiger partial charge in [0.15, 0.2) is 0 Å². The number of para-hydroxylation sites is 3. The zero-order valence-electron chi connectivity index (χ0n) is 17.0. The lowest BCUT2D eigenvalue weighted by atomic mass is 10.1. The molecule has 0 bridgehead atoms. The second-order valence-electron chi connectivity index (χ2n) is 7.11. The third-order valence-corrected chi connectivity index (χ3v) is 5.06. The number of fused-ring (bicyclic) bond motifs is 1. The van der Waals surface area contributed by atoms with Crippen molar-refractivity contribution in [2.75, 3.05) is 19.7 Å². The Morgan fingerprint density at radius 1 is 1.00 bits per heavy atom. The topological polar surface area (TPSA) is 30.3 Å². The molecular weight excluding hydrogens is 334 g/mol. The van der Waals surface area contributed by atoms with Gasteiger partial charge in [-0.05, 0) is 56.6 Å². The third-order valence-electron chi connectivity index (χ3n) is 5.06. The molecule has 27 heavy (non-hydrogen) atoms. The molecule has 4 heteroatoms. The molecule has 3 aromatic rings. The molecule has 0 aliphatic carbocycles. The summed E-state index contributed by atoms with van der Waals surface area (Å²) in [6.45, 7) is 13.1. The summed E-state index contributed by atoms with van der Waals surface area (Å²) < 4.78 is 8.48. The first-order chi connectivity index (χ1) is 13.1. The van der Waals surface area contributed by atoms with Crippen molar-refractivity contribution in [3.05, 3.63) is 59.4 Å². The van der Waals surface area contributed by atoms with Crippen LogP contribution in [0.3, 0.4) is 0 Å². The van der Waals surface area contributed by atoms with E-state index in [1.54, 1.807) is 0 Å². The van der Waals surface area contributed by atoms with Crippen LogP contribution < -0.4 is 4.74 Å². The zero-order chi connectivity index (χ0) is 19.2. The molecule has 0 aliphatic rings. The number of rotatable bonds is 9. The van der Waals surface area contributed by atoms with Gasteiger partial charge in [0.05, 0.1) is 24.1 Å². The Morgan fingerprint density at radius 3 is 2.44 bits per heavy atom. The molecule has 4 nitrogen and oxygen atoms in total. The predicted octanol–water partition coefficient (Wildman–Crippen LogP) is 4.96. The highest BCUT2D eigenvalue weighted by molar-refractivity contribution is 5.75. The molecule has 144 valence electrons. The minimum absolute atomic E-state index is 0.638. The van der Waals surface area contributed by atoms with Gasteiger partial charge in [0.25, 0.3) is 0 Å². The summed E-state index contributed by atoms with van der Waals surface area (Å²) >= 11 is 0. The molecule has 0 radical (unpaired) electrons. The van der Waals surface area contributed by atoms with Gasteiger partial charge in [0.2, 0.25) is 0 Å². The lowest BCUT2D eigenvalue weighted by Gasteiger charge is -2.20. The lowest BCUT2D eigenvalue weighted by molar-refractivity contribution is 0.260. The quantitative estimate of drug-likeness (QED) is 0.537. The molecule has 0 N–H and O–H groups in total. The highest BCUT2D eigenvalue weighted by Crippen LogP contribution is 2.23. The summed E-state index contributed by atoms with van der Waals surface area (Å²) in [5.41, 5.74) is 4.62. The molecule has 0 aliphatic heterocycles. The Balaban J connectivity index is 1.80. The van der Waals surface area contributed by atoms with Crippen molar-refractivity contribution < 1.29 is 4.74 Å². The van der Waals surface area contributed by atoms with Gasteiger partial charge in [-0.25, -0.2) is 4.98 Å². The van der Waals surface area contributed by atoms with Crippen LogP contribution in [0.2, 0.25) is 0 Å². The lowest BCUT2D eigenvalue weighted by Crippen LogP contribution is -2.26. The molecule has 0 saturated heterocycles. The fraction of sp³-hybridized carbons (Fsp3) is 0.435. The molecule has 0 atom stereocenters. The first-order valence-electron chi connectivity index (χ1n) is 9.99. The van der Waals surface area contributed by atoms with Crippen LogP contribution in [0.1, 0.15) is 37.2 Å². The number of aromatic nitrogens is 2. The van der Waals surface area contributed by atoms with Gasteiger partial charge in [-0.3, -0.25) is 4.90 Å². The number of imidazole rings is 1. The monoisotopic (exact) mass is 365 g/mol. The van der Waals surface area contributed by atoms with Gasteiger partial charge in [-0.15, -0.1) is 0 Å². The average Bonchev–Trinajstić information content (AvgIpc) is 3.01. The van der Waals surface area contributed by atoms with Crippen molar-refractivity contribution in [1.29, 1.82) is 0 Å². The summed E-state index contributed by atoms with van der Waals surface area (Å²) in [5.74, 6) is 2.13. The van der Waals surface area contributed by atoms with Crippen molar-refractivity contribution in [2.24, 2.45) is 0 Å². The number of hydrogen-bond donors (Lipinski definition) is 0. The van der Waals surface area contributed by atoms with Crippen molar-refractivity contribution in [3.8, 4) is 5.75 Å². The van der Waals surface area contributed by atoms with Crippen LogP contribution in [0, 0.1) is 13.8 Å². The summed E-state index contributed by atoms with van der Waals surface area (Å²) in [7, 11) is 0. The van der Waals surface area contributed by atoms with Gasteiger partial charge in [-0.2, -0.15) is 0 Å². The Kier molecular flexibility index (Phi) is 6.51. The van der Waals surface area contributed by atoms with E-state index < -0.39 is 0 Å². The van der Waals surface area contributed by atoms with E-state index >= 15 is 0 Å². The van der Waals surface area contributed by atoms with E-state index in [2.05, 4.69) is 79.6 Å². The van der Waals surface area contributed by atoms with Crippen LogP contribution in [0.4, 0.5) is 0 Å². The molecule has 0 fully saturated rings. The zero-order valence-corrected chi connectivity index (χ0v) is 17.0. The van der Waals surface area contributed by atoms with E-state index in [9.17, 15) is 0 Å². The fourth-order valence-corrected chi connectivity index (χ4v) is 3.63. The number of ether oxygens (including phenoxy) is 1. The minimum atomic E-state index is 0.638. The molecule has 0 unspecified atom stereocenters. The van der Waals surface area contributed by atoms with Crippen LogP contribution in [0.5, 0.6) is 5.75 Å². The summed E-state index contributed by atoms with van der Waals surface area (Å²) in [6, 6.07) is 14.7. The Morgan fingerprint density at radius 2 is 1.74 bits per heavy atom. The Bertz CT molecular complexity index is 864. The molecule has 1 heterocycles. The van der Waals surface area contributed by atoms with Crippen molar-refractivity contribution >= 4 is 11.0 Å². The van der Waals surface area contributed by atoms with E-state index in [1.165, 1.54) is 16.6 Å². The summed E-state index contributed by atoms with van der Waals surface area (Å²) in [6.07, 6.45) is 1.16. The van der Waals surface area contributed by atoms with E-state index in [0.29, 0.717) is 6.61 Å². The van der Waals surface area contributed by atoms with Gasteiger partial charge in [0, 0.05) is 0 Å². The van der Waals surface area contributed by atoms with Crippen LogP contribution in [0.25, 0.3) is 11.0 Å². The predicted molar refractivity (Wildman–Crippen MR) is 112 cm³/mol. The second-order valence-corrected chi connectivity index (χ2v) is 7.11. The maximum Gasteiger partial charge on any atom is 0.125 e. The fourth-order valence-electron chi connectivity index (χ4n) is 3.63. The van der Waals surface area contributed by atoms with E-state index in [0.717, 1.165) is 49.7 Å². The SMILES string of the molecule is CCCN(CC)Cc1nc2ccccc2n1CCOc1c(C)cccc1C. The number of hydrogen-bond acceptors (Lipinski definition) is 3. The van der Waals surface area contributed by atoms with Crippen LogP contribution in [0.15, 0.2) is 42.5 Å². The van der Waals surface area contributed by atoms with Crippen LogP contribution in [-0.4, -0.2) is 34.1 Å². The minimum Gasteiger partial charge on any atom is -0.491 e. The first kappa shape index (κ1) is 19.4. The highest BCUT2D eigenvalue weighted by atomic mass is 16.5. The second kappa shape index (κ2) is 9.05. The number of benzene rings is 2. The molecule has 1 aromatic heterocycles. The summed E-state index contributed by atoms with van der Waals surface area (Å²) in [4.78, 5) is 7.36. The van der Waals surface area contributed by atoms with Gasteiger partial charge < -0.3 is 9.30 Å². The van der Waals surface area contributed by atoms with Crippen LogP contribution in [-0.2, 0) is 13.1 Å². The molecule has 0 spiro atoms. The number of nitrogens with zero attached hydrogens (tertiary/aromatic N) is 3. The van der Waals surface area contributed by atoms with E-state index in [4.69, 9.17) is 9.72 Å². The van der Waals surface area contributed by atoms with Crippen LogP contribution >= 0.6 is 0 Å². The Labute approximate surface area is 162 Å². The Hall–Kier alpha value is -2.33. The molecule has 2 aromatic carbocycles. The maximum atomic E-state index is 6.16. The van der Waals surface area contributed by atoms with Gasteiger partial charge in [-0.1, -0.05) is 44.2 Å². The normalized spacial score (nSPS) is 11.4. The van der Waals surface area contributed by atoms with Crippen molar-refractivity contribution in [1.82, 2.24) is 14.5 Å². The molecule has 0 amide bonds. The highest BCUT2D eigenvalue weighted by Gasteiger charge is 2.13. The van der Waals surface area contributed by atoms with Crippen molar-refractivity contribution in [3.63, 3.8) is 0 Å². The van der Waals surface area contributed by atoms with E-state index in [1.807, 2.05) is 0 Å². The maximum absolute atomic E-state index is 6.16. The molecule has 3 rings (SSSR count). The molecular formula is C23H31N3O.